The van der Waals surface area contributed by atoms with E-state index in [4.69, 9.17) is 15.2 Å². The second kappa shape index (κ2) is 5.85. The third kappa shape index (κ3) is 3.30. The third-order valence-corrected chi connectivity index (χ3v) is 2.24. The summed E-state index contributed by atoms with van der Waals surface area (Å²) in [6.45, 7) is 2.82. The Hall–Kier alpha value is -0.910. The normalized spacial score (nSPS) is 13.4. The Balaban J connectivity index is 2.67. The van der Waals surface area contributed by atoms with Crippen molar-refractivity contribution in [1.29, 1.82) is 0 Å². The van der Waals surface area contributed by atoms with Gasteiger partial charge in [0.15, 0.2) is 6.29 Å². The van der Waals surface area contributed by atoms with Gasteiger partial charge in [-0.15, -0.1) is 0 Å². The summed E-state index contributed by atoms with van der Waals surface area (Å²) in [6.07, 6.45) is 4.06. The highest BCUT2D eigenvalue weighted by molar-refractivity contribution is 5.00. The van der Waals surface area contributed by atoms with Crippen LogP contribution in [0, 0.1) is 0 Å². The van der Waals surface area contributed by atoms with Crippen LogP contribution in [-0.2, 0) is 16.0 Å². The molecule has 0 aromatic carbocycles. The van der Waals surface area contributed by atoms with Crippen molar-refractivity contribution < 1.29 is 9.47 Å². The summed E-state index contributed by atoms with van der Waals surface area (Å²) in [4.78, 5) is 4.08. The van der Waals surface area contributed by atoms with Gasteiger partial charge in [0, 0.05) is 26.8 Å². The summed E-state index contributed by atoms with van der Waals surface area (Å²) in [5, 5.41) is 0. The van der Waals surface area contributed by atoms with Gasteiger partial charge < -0.3 is 19.8 Å². The molecule has 15 heavy (non-hydrogen) atoms. The summed E-state index contributed by atoms with van der Waals surface area (Å²) >= 11 is 0. The standard InChI is InChI=1S/C10H19N3O2/c1-8(11)4-5-13-7-12-6-9(13)10(14-2)15-3/h6-8,10H,4-5,11H2,1-3H3. The molecule has 1 aromatic rings. The molecule has 5 nitrogen and oxygen atoms in total. The number of nitrogens with zero attached hydrogens (tertiary/aromatic N) is 2. The SMILES string of the molecule is COC(OC)c1cncn1CCC(C)N. The average Bonchev–Trinajstić information content (AvgIpc) is 2.65. The van der Waals surface area contributed by atoms with Crippen molar-refractivity contribution in [3.8, 4) is 0 Å². The van der Waals surface area contributed by atoms with E-state index >= 15 is 0 Å². The molecule has 0 spiro atoms. The number of rotatable bonds is 6. The fourth-order valence-electron chi connectivity index (χ4n) is 1.39. The lowest BCUT2D eigenvalue weighted by Gasteiger charge is -2.16. The van der Waals surface area contributed by atoms with E-state index in [0.717, 1.165) is 18.7 Å². The summed E-state index contributed by atoms with van der Waals surface area (Å²) in [6, 6.07) is 0.184. The van der Waals surface area contributed by atoms with Crippen LogP contribution in [0.4, 0.5) is 0 Å². The number of imidazole rings is 1. The molecule has 0 saturated heterocycles. The van der Waals surface area contributed by atoms with Crippen LogP contribution in [0.3, 0.4) is 0 Å². The van der Waals surface area contributed by atoms with Gasteiger partial charge in [0.25, 0.3) is 0 Å². The maximum atomic E-state index is 5.70. The molecule has 1 atom stereocenters. The molecule has 0 aliphatic carbocycles. The van der Waals surface area contributed by atoms with Crippen LogP contribution in [0.25, 0.3) is 0 Å². The highest BCUT2D eigenvalue weighted by atomic mass is 16.7. The Morgan fingerprint density at radius 2 is 2.13 bits per heavy atom. The molecule has 86 valence electrons. The molecule has 1 aromatic heterocycles. The highest BCUT2D eigenvalue weighted by Crippen LogP contribution is 2.16. The number of aromatic nitrogens is 2. The van der Waals surface area contributed by atoms with Crippen molar-refractivity contribution in [3.63, 3.8) is 0 Å². The molecule has 1 rings (SSSR count). The molecule has 0 amide bonds. The van der Waals surface area contributed by atoms with Crippen LogP contribution in [0.5, 0.6) is 0 Å². The lowest BCUT2D eigenvalue weighted by atomic mass is 10.2. The number of aryl methyl sites for hydroxylation is 1. The molecule has 1 heterocycles. The Morgan fingerprint density at radius 3 is 2.67 bits per heavy atom. The summed E-state index contributed by atoms with van der Waals surface area (Å²) in [5.41, 5.74) is 6.62. The summed E-state index contributed by atoms with van der Waals surface area (Å²) in [5.74, 6) is 0. The summed E-state index contributed by atoms with van der Waals surface area (Å²) in [7, 11) is 3.22. The van der Waals surface area contributed by atoms with E-state index in [1.165, 1.54) is 0 Å². The lowest BCUT2D eigenvalue weighted by molar-refractivity contribution is -0.110. The van der Waals surface area contributed by atoms with Gasteiger partial charge in [0.1, 0.15) is 0 Å². The van der Waals surface area contributed by atoms with E-state index < -0.39 is 0 Å². The lowest BCUT2D eigenvalue weighted by Crippen LogP contribution is -2.19. The Morgan fingerprint density at radius 1 is 1.47 bits per heavy atom. The van der Waals surface area contributed by atoms with Gasteiger partial charge in [0.2, 0.25) is 0 Å². The van der Waals surface area contributed by atoms with Gasteiger partial charge in [-0.05, 0) is 13.3 Å². The molecule has 0 saturated carbocycles. The zero-order valence-electron chi connectivity index (χ0n) is 9.51. The maximum absolute atomic E-state index is 5.70. The van der Waals surface area contributed by atoms with Crippen LogP contribution < -0.4 is 5.73 Å². The monoisotopic (exact) mass is 213 g/mol. The molecule has 0 radical (unpaired) electrons. The van der Waals surface area contributed by atoms with E-state index in [-0.39, 0.29) is 12.3 Å². The Kier molecular flexibility index (Phi) is 4.74. The van der Waals surface area contributed by atoms with Crippen molar-refractivity contribution in [3.05, 3.63) is 18.2 Å². The topological polar surface area (TPSA) is 62.3 Å². The predicted octanol–water partition coefficient (Wildman–Crippen LogP) is 0.912. The largest absolute Gasteiger partial charge is 0.350 e. The molecule has 2 N–H and O–H groups in total. The number of nitrogens with two attached hydrogens (primary N) is 1. The van der Waals surface area contributed by atoms with Crippen molar-refractivity contribution >= 4 is 0 Å². The zero-order valence-corrected chi connectivity index (χ0v) is 9.51. The van der Waals surface area contributed by atoms with Crippen molar-refractivity contribution in [2.45, 2.75) is 32.2 Å². The molecule has 0 aliphatic rings. The minimum absolute atomic E-state index is 0.184. The van der Waals surface area contributed by atoms with E-state index in [9.17, 15) is 0 Å². The maximum Gasteiger partial charge on any atom is 0.200 e. The molecule has 0 bridgehead atoms. The van der Waals surface area contributed by atoms with Crippen LogP contribution in [0.1, 0.15) is 25.3 Å². The molecule has 5 heteroatoms. The van der Waals surface area contributed by atoms with E-state index in [1.54, 1.807) is 26.7 Å². The van der Waals surface area contributed by atoms with E-state index in [1.807, 2.05) is 11.5 Å². The smallest absolute Gasteiger partial charge is 0.200 e. The number of ether oxygens (including phenoxy) is 2. The minimum atomic E-state index is -0.361. The van der Waals surface area contributed by atoms with Gasteiger partial charge in [-0.2, -0.15) is 0 Å². The third-order valence-electron chi connectivity index (χ3n) is 2.24. The molecule has 0 fully saturated rings. The van der Waals surface area contributed by atoms with Crippen LogP contribution in [0.2, 0.25) is 0 Å². The van der Waals surface area contributed by atoms with E-state index in [0.29, 0.717) is 0 Å². The Labute approximate surface area is 90.2 Å². The molecule has 1 unspecified atom stereocenters. The highest BCUT2D eigenvalue weighted by Gasteiger charge is 2.14. The molecular formula is C10H19N3O2. The van der Waals surface area contributed by atoms with Gasteiger partial charge in [0.05, 0.1) is 18.2 Å². The van der Waals surface area contributed by atoms with Crippen molar-refractivity contribution in [2.24, 2.45) is 5.73 Å². The Bertz CT molecular complexity index is 282. The van der Waals surface area contributed by atoms with E-state index in [2.05, 4.69) is 4.98 Å². The average molecular weight is 213 g/mol. The fourth-order valence-corrected chi connectivity index (χ4v) is 1.39. The number of methoxy groups -OCH3 is 2. The zero-order chi connectivity index (χ0) is 11.3. The minimum Gasteiger partial charge on any atom is -0.350 e. The number of hydrogen-bond donors (Lipinski definition) is 1. The van der Waals surface area contributed by atoms with Crippen molar-refractivity contribution in [1.82, 2.24) is 9.55 Å². The first-order chi connectivity index (χ1) is 7.19. The van der Waals surface area contributed by atoms with Gasteiger partial charge >= 0.3 is 0 Å². The molecule has 0 aliphatic heterocycles. The van der Waals surface area contributed by atoms with Crippen LogP contribution in [-0.4, -0.2) is 29.8 Å². The molecular weight excluding hydrogens is 194 g/mol. The van der Waals surface area contributed by atoms with Gasteiger partial charge in [-0.25, -0.2) is 4.98 Å². The first-order valence-electron chi connectivity index (χ1n) is 5.00. The second-order valence-corrected chi connectivity index (χ2v) is 3.58. The first-order valence-corrected chi connectivity index (χ1v) is 5.00. The summed E-state index contributed by atoms with van der Waals surface area (Å²) < 4.78 is 12.4. The number of hydrogen-bond acceptors (Lipinski definition) is 4. The van der Waals surface area contributed by atoms with Crippen LogP contribution >= 0.6 is 0 Å². The van der Waals surface area contributed by atoms with Gasteiger partial charge in [-0.3, -0.25) is 0 Å². The quantitative estimate of drug-likeness (QED) is 0.713. The van der Waals surface area contributed by atoms with Crippen molar-refractivity contribution in [2.75, 3.05) is 14.2 Å². The first kappa shape index (κ1) is 12.2. The predicted molar refractivity (Wildman–Crippen MR) is 57.3 cm³/mol. The fraction of sp³-hybridized carbons (Fsp3) is 0.700. The van der Waals surface area contributed by atoms with Crippen LogP contribution in [0.15, 0.2) is 12.5 Å². The second-order valence-electron chi connectivity index (χ2n) is 3.58. The van der Waals surface area contributed by atoms with Gasteiger partial charge in [-0.1, -0.05) is 0 Å².